The Kier molecular flexibility index (Phi) is 6.21. The Morgan fingerprint density at radius 3 is 1.40 bits per heavy atom. The lowest BCUT2D eigenvalue weighted by Gasteiger charge is -2.14. The zero-order chi connectivity index (χ0) is 34.3. The summed E-state index contributed by atoms with van der Waals surface area (Å²) >= 11 is 6.58. The first-order valence-electron chi connectivity index (χ1n) is 17.2. The monoisotopic (exact) mass is 686 g/mol. The molecule has 7 aromatic carbocycles. The van der Waals surface area contributed by atoms with Crippen LogP contribution in [0, 0.1) is 0 Å². The van der Waals surface area contributed by atoms with E-state index >= 15 is 0 Å². The molecule has 11 rings (SSSR count). The number of halogens is 1. The van der Waals surface area contributed by atoms with Crippen LogP contribution in [0.15, 0.2) is 164 Å². The Morgan fingerprint density at radius 2 is 0.827 bits per heavy atom. The molecular weight excluding hydrogens is 660 g/mol. The lowest BCUT2D eigenvalue weighted by molar-refractivity contribution is 0.893. The van der Waals surface area contributed by atoms with E-state index in [1.54, 1.807) is 0 Å². The summed E-state index contributed by atoms with van der Waals surface area (Å²) in [7, 11) is 0. The summed E-state index contributed by atoms with van der Waals surface area (Å²) in [5.41, 5.74) is 8.18. The van der Waals surface area contributed by atoms with Crippen molar-refractivity contribution in [3.63, 3.8) is 0 Å². The van der Waals surface area contributed by atoms with Gasteiger partial charge < -0.3 is 4.57 Å². The van der Waals surface area contributed by atoms with Gasteiger partial charge in [0.15, 0.2) is 5.82 Å². The summed E-state index contributed by atoms with van der Waals surface area (Å²) in [6, 6.07) is 56.7. The molecule has 0 aliphatic rings. The molecule has 0 radical (unpaired) electrons. The first-order chi connectivity index (χ1) is 25.7. The van der Waals surface area contributed by atoms with E-state index in [9.17, 15) is 0 Å². The standard InChI is InChI=1S/C45H27ClN6/c46-29-14-12-13-28(27-29)43-47-44(51-38-22-9-4-17-31(38)32-18-5-10-23-39(32)51)49-45(48-43)52-40-24-11-7-20-34(40)36-26-25-35-33-19-6-8-21-37(33)50(41(35)42(36)52)30-15-2-1-3-16-30/h1-27H. The molecule has 4 heterocycles. The second-order valence-electron chi connectivity index (χ2n) is 13.0. The summed E-state index contributed by atoms with van der Waals surface area (Å²) in [6.07, 6.45) is 0. The average molecular weight is 687 g/mol. The summed E-state index contributed by atoms with van der Waals surface area (Å²) < 4.78 is 6.74. The summed E-state index contributed by atoms with van der Waals surface area (Å²) in [5, 5.41) is 7.46. The molecule has 0 aliphatic carbocycles. The first kappa shape index (κ1) is 29.0. The van der Waals surface area contributed by atoms with Gasteiger partial charge in [-0.05, 0) is 48.5 Å². The highest BCUT2D eigenvalue weighted by Crippen LogP contribution is 2.41. The van der Waals surface area contributed by atoms with Crippen molar-refractivity contribution >= 4 is 77.0 Å². The van der Waals surface area contributed by atoms with Crippen molar-refractivity contribution in [3.05, 3.63) is 169 Å². The molecule has 0 bridgehead atoms. The number of hydrogen-bond acceptors (Lipinski definition) is 3. The van der Waals surface area contributed by atoms with E-state index in [0.29, 0.717) is 22.7 Å². The Hall–Kier alpha value is -6.76. The summed E-state index contributed by atoms with van der Waals surface area (Å²) in [4.78, 5) is 15.9. The Balaban J connectivity index is 1.33. The van der Waals surface area contributed by atoms with Gasteiger partial charge in [-0.15, -0.1) is 0 Å². The third kappa shape index (κ3) is 4.16. The van der Waals surface area contributed by atoms with Gasteiger partial charge in [-0.2, -0.15) is 15.0 Å². The van der Waals surface area contributed by atoms with Crippen LogP contribution in [0.5, 0.6) is 0 Å². The van der Waals surface area contributed by atoms with E-state index in [-0.39, 0.29) is 0 Å². The molecule has 4 aromatic heterocycles. The fourth-order valence-electron chi connectivity index (χ4n) is 8.00. The second kappa shape index (κ2) is 11.1. The van der Waals surface area contributed by atoms with Gasteiger partial charge in [0, 0.05) is 48.6 Å². The normalized spacial score (nSPS) is 11.9. The van der Waals surface area contributed by atoms with Crippen molar-refractivity contribution in [2.24, 2.45) is 0 Å². The topological polar surface area (TPSA) is 53.5 Å². The number of para-hydroxylation sites is 5. The lowest BCUT2D eigenvalue weighted by Crippen LogP contribution is -2.10. The number of aromatic nitrogens is 6. The van der Waals surface area contributed by atoms with Crippen LogP contribution in [-0.4, -0.2) is 28.7 Å². The largest absolute Gasteiger partial charge is 0.307 e. The third-order valence-electron chi connectivity index (χ3n) is 10.2. The average Bonchev–Trinajstić information content (AvgIpc) is 3.84. The SMILES string of the molecule is Clc1cccc(-c2nc(-n3c4ccccc4c4ccccc43)nc(-n3c4ccccc4c4ccc5c6ccccc6n(-c6ccccc6)c5c43)n2)c1. The maximum Gasteiger partial charge on any atom is 0.240 e. The van der Waals surface area contributed by atoms with E-state index in [1.807, 2.05) is 24.3 Å². The minimum atomic E-state index is 0.519. The maximum absolute atomic E-state index is 6.58. The smallest absolute Gasteiger partial charge is 0.240 e. The van der Waals surface area contributed by atoms with Crippen LogP contribution < -0.4 is 0 Å². The van der Waals surface area contributed by atoms with Crippen LogP contribution in [-0.2, 0) is 0 Å². The Morgan fingerprint density at radius 1 is 0.365 bits per heavy atom. The van der Waals surface area contributed by atoms with Crippen LogP contribution in [0.1, 0.15) is 0 Å². The molecule has 0 saturated carbocycles. The van der Waals surface area contributed by atoms with Crippen molar-refractivity contribution < 1.29 is 0 Å². The molecule has 244 valence electrons. The highest BCUT2D eigenvalue weighted by molar-refractivity contribution is 6.30. The van der Waals surface area contributed by atoms with Gasteiger partial charge in [0.05, 0.1) is 33.1 Å². The summed E-state index contributed by atoms with van der Waals surface area (Å²) in [6.45, 7) is 0. The van der Waals surface area contributed by atoms with Crippen molar-refractivity contribution in [2.45, 2.75) is 0 Å². The van der Waals surface area contributed by atoms with E-state index in [0.717, 1.165) is 71.3 Å². The molecule has 6 nitrogen and oxygen atoms in total. The number of rotatable bonds is 4. The fourth-order valence-corrected chi connectivity index (χ4v) is 8.19. The van der Waals surface area contributed by atoms with Crippen LogP contribution in [0.2, 0.25) is 5.02 Å². The number of fused-ring (bicyclic) bond motifs is 10. The van der Waals surface area contributed by atoms with Gasteiger partial charge in [0.1, 0.15) is 0 Å². The van der Waals surface area contributed by atoms with Crippen molar-refractivity contribution in [1.82, 2.24) is 28.7 Å². The van der Waals surface area contributed by atoms with E-state index in [1.165, 1.54) is 5.39 Å². The second-order valence-corrected chi connectivity index (χ2v) is 13.5. The molecule has 0 fully saturated rings. The molecule has 0 N–H and O–H groups in total. The van der Waals surface area contributed by atoms with E-state index in [4.69, 9.17) is 26.6 Å². The minimum Gasteiger partial charge on any atom is -0.307 e. The molecule has 52 heavy (non-hydrogen) atoms. The highest BCUT2D eigenvalue weighted by atomic mass is 35.5. The molecular formula is C45H27ClN6. The molecule has 11 aromatic rings. The maximum atomic E-state index is 6.58. The molecule has 0 atom stereocenters. The fraction of sp³-hybridized carbons (Fsp3) is 0. The lowest BCUT2D eigenvalue weighted by atomic mass is 10.1. The van der Waals surface area contributed by atoms with Crippen LogP contribution in [0.3, 0.4) is 0 Å². The van der Waals surface area contributed by atoms with Gasteiger partial charge in [-0.25, -0.2) is 0 Å². The Labute approximate surface area is 302 Å². The van der Waals surface area contributed by atoms with Crippen molar-refractivity contribution in [3.8, 4) is 29.0 Å². The highest BCUT2D eigenvalue weighted by Gasteiger charge is 2.24. The molecule has 0 amide bonds. The van der Waals surface area contributed by atoms with Gasteiger partial charge >= 0.3 is 0 Å². The zero-order valence-corrected chi connectivity index (χ0v) is 28.4. The van der Waals surface area contributed by atoms with Crippen LogP contribution >= 0.6 is 11.6 Å². The molecule has 0 spiro atoms. The number of hydrogen-bond donors (Lipinski definition) is 0. The van der Waals surface area contributed by atoms with E-state index in [2.05, 4.69) is 153 Å². The minimum absolute atomic E-state index is 0.519. The predicted octanol–water partition coefficient (Wildman–Crippen LogP) is 11.5. The van der Waals surface area contributed by atoms with Gasteiger partial charge in [-0.1, -0.05) is 127 Å². The summed E-state index contributed by atoms with van der Waals surface area (Å²) in [5.74, 6) is 1.58. The molecule has 0 unspecified atom stereocenters. The zero-order valence-electron chi connectivity index (χ0n) is 27.6. The molecule has 7 heteroatoms. The van der Waals surface area contributed by atoms with Gasteiger partial charge in [-0.3, -0.25) is 9.13 Å². The van der Waals surface area contributed by atoms with Crippen LogP contribution in [0.25, 0.3) is 94.4 Å². The van der Waals surface area contributed by atoms with Gasteiger partial charge in [0.2, 0.25) is 11.9 Å². The first-order valence-corrected chi connectivity index (χ1v) is 17.6. The predicted molar refractivity (Wildman–Crippen MR) is 213 cm³/mol. The Bertz CT molecular complexity index is 3150. The number of nitrogens with zero attached hydrogens (tertiary/aromatic N) is 6. The quantitative estimate of drug-likeness (QED) is 0.185. The van der Waals surface area contributed by atoms with Crippen molar-refractivity contribution in [2.75, 3.05) is 0 Å². The number of benzene rings is 7. The van der Waals surface area contributed by atoms with Crippen LogP contribution in [0.4, 0.5) is 0 Å². The van der Waals surface area contributed by atoms with E-state index < -0.39 is 0 Å². The molecule has 0 saturated heterocycles. The third-order valence-corrected chi connectivity index (χ3v) is 10.4. The van der Waals surface area contributed by atoms with Gasteiger partial charge in [0.25, 0.3) is 0 Å². The molecule has 0 aliphatic heterocycles. The van der Waals surface area contributed by atoms with Crippen molar-refractivity contribution in [1.29, 1.82) is 0 Å².